The molecule has 1 aliphatic heterocycles. The minimum absolute atomic E-state index is 0.0275. The van der Waals surface area contributed by atoms with Crippen molar-refractivity contribution >= 4 is 40.8 Å². The molecule has 146 valence electrons. The zero-order valence-electron chi connectivity index (χ0n) is 15.8. The SMILES string of the molecule is Cc1ccc(NC(=O)COC(=O)c2ccc(Cl)c(N3CCCC3=O)c2)c(C)c1. The largest absolute Gasteiger partial charge is 0.452 e. The van der Waals surface area contributed by atoms with Crippen LogP contribution in [-0.2, 0) is 14.3 Å². The van der Waals surface area contributed by atoms with E-state index in [2.05, 4.69) is 5.32 Å². The first-order valence-corrected chi connectivity index (χ1v) is 9.37. The number of aryl methyl sites for hydroxylation is 2. The Kier molecular flexibility index (Phi) is 5.99. The molecule has 0 saturated carbocycles. The number of rotatable bonds is 5. The van der Waals surface area contributed by atoms with Crippen molar-refractivity contribution in [3.63, 3.8) is 0 Å². The first kappa shape index (κ1) is 19.9. The number of nitrogens with one attached hydrogen (secondary N) is 1. The molecule has 1 heterocycles. The van der Waals surface area contributed by atoms with E-state index in [1.807, 2.05) is 32.0 Å². The third-order valence-corrected chi connectivity index (χ3v) is 4.86. The molecule has 0 spiro atoms. The second-order valence-corrected chi connectivity index (χ2v) is 7.17. The van der Waals surface area contributed by atoms with Crippen LogP contribution in [0.2, 0.25) is 5.02 Å². The lowest BCUT2D eigenvalue weighted by Gasteiger charge is -2.18. The second-order valence-electron chi connectivity index (χ2n) is 6.76. The summed E-state index contributed by atoms with van der Waals surface area (Å²) in [6.45, 7) is 4.02. The Bertz CT molecular complexity index is 942. The summed E-state index contributed by atoms with van der Waals surface area (Å²) in [7, 11) is 0. The van der Waals surface area contributed by atoms with Crippen LogP contribution in [0.5, 0.6) is 0 Å². The van der Waals surface area contributed by atoms with Crippen molar-refractivity contribution in [2.45, 2.75) is 26.7 Å². The molecule has 0 unspecified atom stereocenters. The molecule has 6 nitrogen and oxygen atoms in total. The number of esters is 1. The lowest BCUT2D eigenvalue weighted by Crippen LogP contribution is -2.25. The van der Waals surface area contributed by atoms with Crippen LogP contribution in [0.1, 0.15) is 34.3 Å². The van der Waals surface area contributed by atoms with Gasteiger partial charge in [0.1, 0.15) is 0 Å². The molecular weight excluding hydrogens is 380 g/mol. The minimum atomic E-state index is -0.652. The average Bonchev–Trinajstić information content (AvgIpc) is 3.08. The van der Waals surface area contributed by atoms with Gasteiger partial charge in [-0.3, -0.25) is 9.59 Å². The third kappa shape index (κ3) is 4.51. The average molecular weight is 401 g/mol. The summed E-state index contributed by atoms with van der Waals surface area (Å²) in [5.74, 6) is -1.11. The van der Waals surface area contributed by atoms with Crippen LogP contribution in [0.4, 0.5) is 11.4 Å². The number of hydrogen-bond acceptors (Lipinski definition) is 4. The molecule has 1 aliphatic rings. The summed E-state index contributed by atoms with van der Waals surface area (Å²) < 4.78 is 5.11. The van der Waals surface area contributed by atoms with Gasteiger partial charge in [-0.15, -0.1) is 0 Å². The number of nitrogens with zero attached hydrogens (tertiary/aromatic N) is 1. The Morgan fingerprint density at radius 3 is 2.64 bits per heavy atom. The van der Waals surface area contributed by atoms with E-state index in [4.69, 9.17) is 16.3 Å². The number of carbonyl (C=O) groups excluding carboxylic acids is 3. The van der Waals surface area contributed by atoms with Gasteiger partial charge in [-0.2, -0.15) is 0 Å². The maximum Gasteiger partial charge on any atom is 0.338 e. The molecule has 2 aromatic rings. The summed E-state index contributed by atoms with van der Waals surface area (Å²) in [6, 6.07) is 10.2. The number of ether oxygens (including phenoxy) is 1. The first-order chi connectivity index (χ1) is 13.3. The zero-order chi connectivity index (χ0) is 20.3. The van der Waals surface area contributed by atoms with Crippen LogP contribution >= 0.6 is 11.6 Å². The molecule has 3 rings (SSSR count). The summed E-state index contributed by atoms with van der Waals surface area (Å²) in [4.78, 5) is 37.9. The quantitative estimate of drug-likeness (QED) is 0.773. The van der Waals surface area contributed by atoms with Gasteiger partial charge in [0.05, 0.1) is 16.3 Å². The number of benzene rings is 2. The zero-order valence-corrected chi connectivity index (χ0v) is 16.5. The van der Waals surface area contributed by atoms with Crippen molar-refractivity contribution < 1.29 is 19.1 Å². The number of hydrogen-bond donors (Lipinski definition) is 1. The van der Waals surface area contributed by atoms with E-state index in [0.717, 1.165) is 17.5 Å². The monoisotopic (exact) mass is 400 g/mol. The summed E-state index contributed by atoms with van der Waals surface area (Å²) in [5, 5.41) is 3.11. The molecule has 1 N–H and O–H groups in total. The highest BCUT2D eigenvalue weighted by Crippen LogP contribution is 2.30. The van der Waals surface area contributed by atoms with Crippen molar-refractivity contribution in [1.29, 1.82) is 0 Å². The van der Waals surface area contributed by atoms with E-state index < -0.39 is 18.5 Å². The molecule has 1 saturated heterocycles. The van der Waals surface area contributed by atoms with Gasteiger partial charge >= 0.3 is 5.97 Å². The molecule has 0 aromatic heterocycles. The van der Waals surface area contributed by atoms with E-state index in [1.54, 1.807) is 11.0 Å². The summed E-state index contributed by atoms with van der Waals surface area (Å²) in [6.07, 6.45) is 1.21. The number of amides is 2. The predicted molar refractivity (Wildman–Crippen MR) is 108 cm³/mol. The molecule has 28 heavy (non-hydrogen) atoms. The number of carbonyl (C=O) groups is 3. The van der Waals surface area contributed by atoms with Crippen molar-refractivity contribution in [2.24, 2.45) is 0 Å². The van der Waals surface area contributed by atoms with Gasteiger partial charge < -0.3 is 15.0 Å². The highest BCUT2D eigenvalue weighted by atomic mass is 35.5. The van der Waals surface area contributed by atoms with Gasteiger partial charge in [0.2, 0.25) is 5.91 Å². The van der Waals surface area contributed by atoms with Crippen molar-refractivity contribution in [2.75, 3.05) is 23.4 Å². The maximum atomic E-state index is 12.3. The van der Waals surface area contributed by atoms with Gasteiger partial charge in [0.15, 0.2) is 6.61 Å². The van der Waals surface area contributed by atoms with Gasteiger partial charge in [0, 0.05) is 18.7 Å². The van der Waals surface area contributed by atoms with Crippen molar-refractivity contribution in [1.82, 2.24) is 0 Å². The lowest BCUT2D eigenvalue weighted by molar-refractivity contribution is -0.119. The normalized spacial score (nSPS) is 13.5. The smallest absolute Gasteiger partial charge is 0.338 e. The maximum absolute atomic E-state index is 12.3. The fourth-order valence-corrected chi connectivity index (χ4v) is 3.32. The standard InChI is InChI=1S/C21H21ClN2O4/c1-13-5-8-17(14(2)10-13)23-19(25)12-28-21(27)15-6-7-16(22)18(11-15)24-9-3-4-20(24)26/h5-8,10-11H,3-4,9,12H2,1-2H3,(H,23,25). The van der Waals surface area contributed by atoms with Crippen LogP contribution in [0.15, 0.2) is 36.4 Å². The number of anilines is 2. The molecule has 2 amide bonds. The molecule has 0 aliphatic carbocycles. The van der Waals surface area contributed by atoms with E-state index in [9.17, 15) is 14.4 Å². The van der Waals surface area contributed by atoms with Gasteiger partial charge in [0.25, 0.3) is 5.91 Å². The second kappa shape index (κ2) is 8.44. The first-order valence-electron chi connectivity index (χ1n) is 8.99. The Hall–Kier alpha value is -2.86. The lowest BCUT2D eigenvalue weighted by atomic mass is 10.1. The molecule has 0 radical (unpaired) electrons. The fraction of sp³-hybridized carbons (Fsp3) is 0.286. The topological polar surface area (TPSA) is 75.7 Å². The van der Waals surface area contributed by atoms with Crippen LogP contribution in [0.3, 0.4) is 0 Å². The van der Waals surface area contributed by atoms with Gasteiger partial charge in [-0.05, 0) is 50.1 Å². The van der Waals surface area contributed by atoms with E-state index in [1.165, 1.54) is 12.1 Å². The molecule has 1 fully saturated rings. The van der Waals surface area contributed by atoms with Crippen LogP contribution in [0, 0.1) is 13.8 Å². The van der Waals surface area contributed by atoms with E-state index in [-0.39, 0.29) is 11.5 Å². The Morgan fingerprint density at radius 1 is 1.18 bits per heavy atom. The van der Waals surface area contributed by atoms with Crippen LogP contribution < -0.4 is 10.2 Å². The Morgan fingerprint density at radius 2 is 1.96 bits per heavy atom. The van der Waals surface area contributed by atoms with E-state index >= 15 is 0 Å². The third-order valence-electron chi connectivity index (χ3n) is 4.54. The molecule has 7 heteroatoms. The summed E-state index contributed by atoms with van der Waals surface area (Å²) >= 11 is 6.18. The van der Waals surface area contributed by atoms with Crippen LogP contribution in [-0.4, -0.2) is 30.9 Å². The highest BCUT2D eigenvalue weighted by Gasteiger charge is 2.24. The number of halogens is 1. The van der Waals surface area contributed by atoms with Gasteiger partial charge in [-0.25, -0.2) is 4.79 Å². The molecule has 0 bridgehead atoms. The predicted octanol–water partition coefficient (Wildman–Crippen LogP) is 3.88. The molecular formula is C21H21ClN2O4. The molecule has 2 aromatic carbocycles. The van der Waals surface area contributed by atoms with Crippen LogP contribution in [0.25, 0.3) is 0 Å². The fourth-order valence-electron chi connectivity index (χ4n) is 3.10. The highest BCUT2D eigenvalue weighted by molar-refractivity contribution is 6.34. The Labute approximate surface area is 168 Å². The van der Waals surface area contributed by atoms with Crippen molar-refractivity contribution in [3.05, 3.63) is 58.1 Å². The molecule has 0 atom stereocenters. The summed E-state index contributed by atoms with van der Waals surface area (Å²) in [5.41, 5.74) is 3.42. The Balaban J connectivity index is 1.63. The van der Waals surface area contributed by atoms with Gasteiger partial charge in [-0.1, -0.05) is 29.3 Å². The van der Waals surface area contributed by atoms with Crippen molar-refractivity contribution in [3.8, 4) is 0 Å². The minimum Gasteiger partial charge on any atom is -0.452 e. The van der Waals surface area contributed by atoms with E-state index in [0.29, 0.717) is 29.4 Å².